The van der Waals surface area contributed by atoms with Crippen molar-refractivity contribution in [2.24, 2.45) is 17.6 Å². The summed E-state index contributed by atoms with van der Waals surface area (Å²) >= 11 is 0. The van der Waals surface area contributed by atoms with E-state index in [2.05, 4.69) is 31.0 Å². The zero-order valence-electron chi connectivity index (χ0n) is 13.0. The first-order valence-electron chi connectivity index (χ1n) is 7.93. The first-order valence-corrected chi connectivity index (χ1v) is 7.93. The second-order valence-electron chi connectivity index (χ2n) is 6.69. The molecular weight excluding hydrogens is 262 g/mol. The summed E-state index contributed by atoms with van der Waals surface area (Å²) in [6.45, 7) is 3.99. The maximum absolute atomic E-state index is 13.0. The zero-order chi connectivity index (χ0) is 15.0. The van der Waals surface area contributed by atoms with E-state index >= 15 is 0 Å². The number of hydrogen-bond donors (Lipinski definition) is 1. The molecule has 1 heterocycles. The van der Waals surface area contributed by atoms with Crippen molar-refractivity contribution in [3.8, 4) is 0 Å². The van der Waals surface area contributed by atoms with Gasteiger partial charge >= 0.3 is 0 Å². The summed E-state index contributed by atoms with van der Waals surface area (Å²) in [6.07, 6.45) is 2.74. The van der Waals surface area contributed by atoms with Gasteiger partial charge in [0.2, 0.25) is 5.91 Å². The average molecular weight is 287 g/mol. The fourth-order valence-corrected chi connectivity index (χ4v) is 3.72. The Bertz CT molecular complexity index is 531. The summed E-state index contributed by atoms with van der Waals surface area (Å²) in [6, 6.07) is 8.43. The van der Waals surface area contributed by atoms with Crippen LogP contribution in [0.2, 0.25) is 0 Å². The zero-order valence-corrected chi connectivity index (χ0v) is 13.0. The highest BCUT2D eigenvalue weighted by atomic mass is 16.2. The van der Waals surface area contributed by atoms with Crippen molar-refractivity contribution in [1.29, 1.82) is 0 Å². The van der Waals surface area contributed by atoms with E-state index in [0.717, 1.165) is 43.7 Å². The van der Waals surface area contributed by atoms with Crippen LogP contribution < -0.4 is 15.5 Å². The molecule has 114 valence electrons. The molecule has 21 heavy (non-hydrogen) atoms. The quantitative estimate of drug-likeness (QED) is 0.861. The van der Waals surface area contributed by atoms with E-state index in [4.69, 9.17) is 5.73 Å². The summed E-state index contributed by atoms with van der Waals surface area (Å²) in [5, 5.41) is 0. The molecule has 0 aromatic heterocycles. The predicted octanol–water partition coefficient (Wildman–Crippen LogP) is 2.23. The SMILES string of the molecule is CC1CN(C)c2ccccc2N(C(=O)C2CCC(N)C2)C1. The number of rotatable bonds is 1. The maximum Gasteiger partial charge on any atom is 0.230 e. The summed E-state index contributed by atoms with van der Waals surface area (Å²) in [4.78, 5) is 17.2. The number of amides is 1. The molecular formula is C17H25N3O. The van der Waals surface area contributed by atoms with Crippen LogP contribution in [0.3, 0.4) is 0 Å². The molecule has 1 aromatic carbocycles. The smallest absolute Gasteiger partial charge is 0.230 e. The van der Waals surface area contributed by atoms with Crippen LogP contribution in [0.15, 0.2) is 24.3 Å². The van der Waals surface area contributed by atoms with E-state index in [1.54, 1.807) is 0 Å². The largest absolute Gasteiger partial charge is 0.373 e. The third-order valence-corrected chi connectivity index (χ3v) is 4.75. The maximum atomic E-state index is 13.0. The highest BCUT2D eigenvalue weighted by Crippen LogP contribution is 2.35. The minimum absolute atomic E-state index is 0.101. The Kier molecular flexibility index (Phi) is 3.89. The van der Waals surface area contributed by atoms with Crippen molar-refractivity contribution in [1.82, 2.24) is 0 Å². The highest BCUT2D eigenvalue weighted by molar-refractivity contribution is 5.98. The Labute approximate surface area is 126 Å². The number of nitrogens with zero attached hydrogens (tertiary/aromatic N) is 2. The van der Waals surface area contributed by atoms with Crippen molar-refractivity contribution in [2.75, 3.05) is 29.9 Å². The Morgan fingerprint density at radius 3 is 2.57 bits per heavy atom. The van der Waals surface area contributed by atoms with E-state index in [0.29, 0.717) is 5.92 Å². The van der Waals surface area contributed by atoms with Crippen LogP contribution in [0.1, 0.15) is 26.2 Å². The molecule has 4 nitrogen and oxygen atoms in total. The minimum Gasteiger partial charge on any atom is -0.373 e. The second-order valence-corrected chi connectivity index (χ2v) is 6.69. The molecule has 1 aliphatic carbocycles. The van der Waals surface area contributed by atoms with E-state index in [9.17, 15) is 4.79 Å². The van der Waals surface area contributed by atoms with Crippen LogP contribution in [0.25, 0.3) is 0 Å². The lowest BCUT2D eigenvalue weighted by molar-refractivity contribution is -0.122. The molecule has 2 aliphatic rings. The van der Waals surface area contributed by atoms with Crippen molar-refractivity contribution in [3.05, 3.63) is 24.3 Å². The molecule has 4 heteroatoms. The predicted molar refractivity (Wildman–Crippen MR) is 86.5 cm³/mol. The monoisotopic (exact) mass is 287 g/mol. The van der Waals surface area contributed by atoms with Gasteiger partial charge in [0.15, 0.2) is 0 Å². The number of fused-ring (bicyclic) bond motifs is 1. The highest BCUT2D eigenvalue weighted by Gasteiger charge is 2.34. The summed E-state index contributed by atoms with van der Waals surface area (Å²) in [5.41, 5.74) is 8.19. The lowest BCUT2D eigenvalue weighted by atomic mass is 10.0. The van der Waals surface area contributed by atoms with Crippen molar-refractivity contribution in [3.63, 3.8) is 0 Å². The lowest BCUT2D eigenvalue weighted by Gasteiger charge is -2.27. The molecule has 3 unspecified atom stereocenters. The topological polar surface area (TPSA) is 49.6 Å². The third-order valence-electron chi connectivity index (χ3n) is 4.75. The molecule has 0 saturated heterocycles. The van der Waals surface area contributed by atoms with Crippen LogP contribution in [0.5, 0.6) is 0 Å². The molecule has 0 radical (unpaired) electrons. The number of hydrogen-bond acceptors (Lipinski definition) is 3. The van der Waals surface area contributed by atoms with Gasteiger partial charge in [-0.2, -0.15) is 0 Å². The van der Waals surface area contributed by atoms with E-state index in [1.807, 2.05) is 17.0 Å². The van der Waals surface area contributed by atoms with Gasteiger partial charge in [-0.25, -0.2) is 0 Å². The molecule has 1 amide bonds. The van der Waals surface area contributed by atoms with Crippen LogP contribution in [0.4, 0.5) is 11.4 Å². The van der Waals surface area contributed by atoms with Gasteiger partial charge in [0.1, 0.15) is 0 Å². The average Bonchev–Trinajstić information content (AvgIpc) is 2.85. The van der Waals surface area contributed by atoms with E-state index in [-0.39, 0.29) is 17.9 Å². The van der Waals surface area contributed by atoms with Gasteiger partial charge in [0, 0.05) is 32.1 Å². The molecule has 0 spiro atoms. The normalized spacial score (nSPS) is 29.2. The minimum atomic E-state index is 0.101. The van der Waals surface area contributed by atoms with Crippen molar-refractivity contribution in [2.45, 2.75) is 32.2 Å². The Hall–Kier alpha value is -1.55. The van der Waals surface area contributed by atoms with Gasteiger partial charge in [0.05, 0.1) is 11.4 Å². The van der Waals surface area contributed by atoms with Crippen LogP contribution in [0, 0.1) is 11.8 Å². The standard InChI is InChI=1S/C17H25N3O/c1-12-10-19(2)15-5-3-4-6-16(15)20(11-12)17(21)13-7-8-14(18)9-13/h3-6,12-14H,7-11,18H2,1-2H3. The molecule has 3 rings (SSSR count). The van der Waals surface area contributed by atoms with E-state index in [1.165, 1.54) is 0 Å². The Balaban J connectivity index is 1.92. The van der Waals surface area contributed by atoms with Crippen LogP contribution in [-0.2, 0) is 4.79 Å². The molecule has 0 bridgehead atoms. The number of nitrogens with two attached hydrogens (primary N) is 1. The van der Waals surface area contributed by atoms with Crippen LogP contribution in [-0.4, -0.2) is 32.1 Å². The molecule has 1 aliphatic heterocycles. The summed E-state index contributed by atoms with van der Waals surface area (Å²) in [5.74, 6) is 0.822. The first-order chi connectivity index (χ1) is 10.1. The van der Waals surface area contributed by atoms with Gasteiger partial charge in [-0.15, -0.1) is 0 Å². The third kappa shape index (κ3) is 2.77. The fraction of sp³-hybridized carbons (Fsp3) is 0.588. The van der Waals surface area contributed by atoms with Crippen LogP contribution >= 0.6 is 0 Å². The Morgan fingerprint density at radius 1 is 1.19 bits per heavy atom. The first kappa shape index (κ1) is 14.4. The number of para-hydroxylation sites is 2. The lowest BCUT2D eigenvalue weighted by Crippen LogP contribution is -2.38. The molecule has 1 fully saturated rings. The fourth-order valence-electron chi connectivity index (χ4n) is 3.72. The van der Waals surface area contributed by atoms with Gasteiger partial charge in [-0.1, -0.05) is 19.1 Å². The second kappa shape index (κ2) is 5.68. The van der Waals surface area contributed by atoms with Gasteiger partial charge in [0.25, 0.3) is 0 Å². The van der Waals surface area contributed by atoms with Gasteiger partial charge in [-0.3, -0.25) is 4.79 Å². The number of anilines is 2. The molecule has 1 saturated carbocycles. The van der Waals surface area contributed by atoms with E-state index < -0.39 is 0 Å². The Morgan fingerprint density at radius 2 is 1.90 bits per heavy atom. The molecule has 3 atom stereocenters. The summed E-state index contributed by atoms with van der Waals surface area (Å²) < 4.78 is 0. The molecule has 1 aromatic rings. The number of carbonyl (C=O) groups excluding carboxylic acids is 1. The number of benzene rings is 1. The number of carbonyl (C=O) groups is 1. The van der Waals surface area contributed by atoms with Crippen molar-refractivity contribution >= 4 is 17.3 Å². The van der Waals surface area contributed by atoms with Gasteiger partial charge in [-0.05, 0) is 37.3 Å². The summed E-state index contributed by atoms with van der Waals surface area (Å²) in [7, 11) is 2.11. The molecule has 2 N–H and O–H groups in total. The van der Waals surface area contributed by atoms with Gasteiger partial charge < -0.3 is 15.5 Å². The van der Waals surface area contributed by atoms with Crippen molar-refractivity contribution < 1.29 is 4.79 Å².